The van der Waals surface area contributed by atoms with Crippen LogP contribution in [0.4, 0.5) is 0 Å². The van der Waals surface area contributed by atoms with Crippen molar-refractivity contribution >= 4 is 29.3 Å². The van der Waals surface area contributed by atoms with Gasteiger partial charge in [0.25, 0.3) is 0 Å². The fraction of sp³-hybridized carbons (Fsp3) is 0.533. The molecule has 0 bridgehead atoms. The fourth-order valence-electron chi connectivity index (χ4n) is 1.58. The minimum atomic E-state index is 0.0106. The summed E-state index contributed by atoms with van der Waals surface area (Å²) in [5, 5.41) is 12.7. The fourth-order valence-corrected chi connectivity index (χ4v) is 2.56. The van der Waals surface area contributed by atoms with Gasteiger partial charge in [-0.1, -0.05) is 18.5 Å². The van der Waals surface area contributed by atoms with E-state index >= 15 is 0 Å². The third-order valence-electron chi connectivity index (χ3n) is 3.16. The van der Waals surface area contributed by atoms with Crippen LogP contribution in [0.1, 0.15) is 26.7 Å². The third-order valence-corrected chi connectivity index (χ3v) is 4.51. The van der Waals surface area contributed by atoms with Crippen molar-refractivity contribution in [3.8, 4) is 0 Å². The van der Waals surface area contributed by atoms with Gasteiger partial charge in [-0.2, -0.15) is 0 Å². The Morgan fingerprint density at radius 1 is 1.35 bits per heavy atom. The summed E-state index contributed by atoms with van der Waals surface area (Å²) in [6.45, 7) is 3.93. The largest absolute Gasteiger partial charge is 0.396 e. The third kappa shape index (κ3) is 6.64. The number of aliphatic hydroxyl groups is 1. The molecule has 0 aliphatic rings. The number of carbonyl (C=O) groups excluding carboxylic acids is 1. The Hall–Kier alpha value is -0.710. The molecule has 0 heterocycles. The molecule has 1 aromatic carbocycles. The molecular formula is C15H22ClNO2S. The number of hydrogen-bond acceptors (Lipinski definition) is 3. The van der Waals surface area contributed by atoms with Crippen LogP contribution < -0.4 is 5.32 Å². The van der Waals surface area contributed by atoms with Crippen molar-refractivity contribution in [2.75, 3.05) is 12.4 Å². The van der Waals surface area contributed by atoms with Gasteiger partial charge in [0, 0.05) is 29.0 Å². The van der Waals surface area contributed by atoms with E-state index in [2.05, 4.69) is 5.32 Å². The molecule has 0 radical (unpaired) electrons. The SMILES string of the molecule is CC(CO)C(C)NC(=O)CCCSc1ccc(Cl)cc1. The van der Waals surface area contributed by atoms with Crippen LogP contribution in [-0.4, -0.2) is 29.4 Å². The Labute approximate surface area is 130 Å². The van der Waals surface area contributed by atoms with Gasteiger partial charge < -0.3 is 10.4 Å². The topological polar surface area (TPSA) is 49.3 Å². The summed E-state index contributed by atoms with van der Waals surface area (Å²) in [5.74, 6) is 1.04. The lowest BCUT2D eigenvalue weighted by Gasteiger charge is -2.19. The Kier molecular flexibility index (Phi) is 8.04. The first-order valence-corrected chi connectivity index (χ1v) is 8.18. The summed E-state index contributed by atoms with van der Waals surface area (Å²) < 4.78 is 0. The quantitative estimate of drug-likeness (QED) is 0.571. The number of hydrogen-bond donors (Lipinski definition) is 2. The van der Waals surface area contributed by atoms with Crippen LogP contribution in [0.3, 0.4) is 0 Å². The second-order valence-corrected chi connectivity index (χ2v) is 6.53. The van der Waals surface area contributed by atoms with E-state index in [9.17, 15) is 4.79 Å². The van der Waals surface area contributed by atoms with Gasteiger partial charge in [-0.3, -0.25) is 4.79 Å². The molecule has 0 aromatic heterocycles. The average Bonchev–Trinajstić information content (AvgIpc) is 2.44. The maximum absolute atomic E-state index is 11.7. The molecule has 0 aliphatic carbocycles. The molecule has 1 rings (SSSR count). The number of amides is 1. The molecule has 5 heteroatoms. The number of nitrogens with one attached hydrogen (secondary N) is 1. The summed E-state index contributed by atoms with van der Waals surface area (Å²) in [5.41, 5.74) is 0. The maximum atomic E-state index is 11.7. The molecule has 0 saturated heterocycles. The van der Waals surface area contributed by atoms with Gasteiger partial charge in [-0.25, -0.2) is 0 Å². The zero-order valence-electron chi connectivity index (χ0n) is 11.9. The van der Waals surface area contributed by atoms with Crippen LogP contribution in [0.2, 0.25) is 5.02 Å². The molecule has 0 spiro atoms. The van der Waals surface area contributed by atoms with Gasteiger partial charge in [0.05, 0.1) is 0 Å². The Morgan fingerprint density at radius 2 is 2.00 bits per heavy atom. The minimum Gasteiger partial charge on any atom is -0.396 e. The van der Waals surface area contributed by atoms with E-state index in [0.717, 1.165) is 22.1 Å². The molecule has 0 aliphatic heterocycles. The van der Waals surface area contributed by atoms with E-state index in [1.807, 2.05) is 38.1 Å². The van der Waals surface area contributed by atoms with Crippen LogP contribution in [0.25, 0.3) is 0 Å². The molecular weight excluding hydrogens is 294 g/mol. The lowest BCUT2D eigenvalue weighted by molar-refractivity contribution is -0.122. The van der Waals surface area contributed by atoms with Crippen LogP contribution in [-0.2, 0) is 4.79 Å². The highest BCUT2D eigenvalue weighted by Crippen LogP contribution is 2.21. The van der Waals surface area contributed by atoms with Gasteiger partial charge >= 0.3 is 0 Å². The number of halogens is 1. The van der Waals surface area contributed by atoms with E-state index in [1.54, 1.807) is 11.8 Å². The second-order valence-electron chi connectivity index (χ2n) is 4.92. The van der Waals surface area contributed by atoms with E-state index < -0.39 is 0 Å². The van der Waals surface area contributed by atoms with Crippen molar-refractivity contribution in [3.63, 3.8) is 0 Å². The van der Waals surface area contributed by atoms with Crippen LogP contribution in [0.15, 0.2) is 29.2 Å². The Bertz CT molecular complexity index is 411. The van der Waals surface area contributed by atoms with Gasteiger partial charge in [0.2, 0.25) is 5.91 Å². The second kappa shape index (κ2) is 9.27. The summed E-state index contributed by atoms with van der Waals surface area (Å²) in [6, 6.07) is 7.72. The first-order valence-electron chi connectivity index (χ1n) is 6.81. The highest BCUT2D eigenvalue weighted by Gasteiger charge is 2.13. The van der Waals surface area contributed by atoms with Crippen LogP contribution in [0.5, 0.6) is 0 Å². The molecule has 0 saturated carbocycles. The number of aliphatic hydroxyl groups excluding tert-OH is 1. The van der Waals surface area contributed by atoms with E-state index in [4.69, 9.17) is 16.7 Å². The molecule has 2 atom stereocenters. The normalized spacial score (nSPS) is 13.8. The van der Waals surface area contributed by atoms with E-state index in [-0.39, 0.29) is 24.5 Å². The zero-order chi connectivity index (χ0) is 15.0. The number of rotatable bonds is 8. The highest BCUT2D eigenvalue weighted by molar-refractivity contribution is 7.99. The van der Waals surface area contributed by atoms with E-state index in [1.165, 1.54) is 0 Å². The summed E-state index contributed by atoms with van der Waals surface area (Å²) in [6.07, 6.45) is 1.35. The number of benzene rings is 1. The Morgan fingerprint density at radius 3 is 2.60 bits per heavy atom. The standard InChI is InChI=1S/C15H22ClNO2S/c1-11(10-18)12(2)17-15(19)4-3-9-20-14-7-5-13(16)6-8-14/h5-8,11-12,18H,3-4,9-10H2,1-2H3,(H,17,19). The summed E-state index contributed by atoms with van der Waals surface area (Å²) in [7, 11) is 0. The Balaban J connectivity index is 2.17. The van der Waals surface area contributed by atoms with Gasteiger partial charge in [-0.05, 0) is 49.3 Å². The molecule has 112 valence electrons. The maximum Gasteiger partial charge on any atom is 0.220 e. The van der Waals surface area contributed by atoms with Crippen LogP contribution in [0, 0.1) is 5.92 Å². The van der Waals surface area contributed by atoms with Gasteiger partial charge in [0.15, 0.2) is 0 Å². The van der Waals surface area contributed by atoms with Crippen molar-refractivity contribution in [1.29, 1.82) is 0 Å². The first-order chi connectivity index (χ1) is 9.52. The lowest BCUT2D eigenvalue weighted by atomic mass is 10.1. The zero-order valence-corrected chi connectivity index (χ0v) is 13.5. The van der Waals surface area contributed by atoms with Crippen molar-refractivity contribution in [2.45, 2.75) is 37.6 Å². The van der Waals surface area contributed by atoms with Crippen molar-refractivity contribution in [2.24, 2.45) is 5.92 Å². The predicted molar refractivity (Wildman–Crippen MR) is 85.3 cm³/mol. The molecule has 3 nitrogen and oxygen atoms in total. The van der Waals surface area contributed by atoms with Crippen LogP contribution >= 0.6 is 23.4 Å². The van der Waals surface area contributed by atoms with Crippen molar-refractivity contribution < 1.29 is 9.90 Å². The van der Waals surface area contributed by atoms with Crippen molar-refractivity contribution in [1.82, 2.24) is 5.32 Å². The van der Waals surface area contributed by atoms with Gasteiger partial charge in [-0.15, -0.1) is 11.8 Å². The van der Waals surface area contributed by atoms with E-state index in [0.29, 0.717) is 6.42 Å². The highest BCUT2D eigenvalue weighted by atomic mass is 35.5. The number of carbonyl (C=O) groups is 1. The molecule has 2 unspecified atom stereocenters. The monoisotopic (exact) mass is 315 g/mol. The molecule has 1 aromatic rings. The predicted octanol–water partition coefficient (Wildman–Crippen LogP) is 3.35. The molecule has 2 N–H and O–H groups in total. The first kappa shape index (κ1) is 17.3. The summed E-state index contributed by atoms with van der Waals surface area (Å²) in [4.78, 5) is 12.9. The number of thioether (sulfide) groups is 1. The molecule has 20 heavy (non-hydrogen) atoms. The minimum absolute atomic E-state index is 0.0106. The molecule has 1 amide bonds. The average molecular weight is 316 g/mol. The van der Waals surface area contributed by atoms with Crippen molar-refractivity contribution in [3.05, 3.63) is 29.3 Å². The smallest absolute Gasteiger partial charge is 0.220 e. The molecule has 0 fully saturated rings. The lowest BCUT2D eigenvalue weighted by Crippen LogP contribution is -2.38. The summed E-state index contributed by atoms with van der Waals surface area (Å²) >= 11 is 7.54. The van der Waals surface area contributed by atoms with Gasteiger partial charge in [0.1, 0.15) is 0 Å².